The summed E-state index contributed by atoms with van der Waals surface area (Å²) in [5.41, 5.74) is 1.17. The summed E-state index contributed by atoms with van der Waals surface area (Å²) in [7, 11) is 1.70. The van der Waals surface area contributed by atoms with Crippen LogP contribution in [0.25, 0.3) is 0 Å². The van der Waals surface area contributed by atoms with E-state index < -0.39 is 0 Å². The van der Waals surface area contributed by atoms with Crippen molar-refractivity contribution in [3.8, 4) is 11.5 Å². The van der Waals surface area contributed by atoms with Gasteiger partial charge in [0.05, 0.1) is 13.7 Å². The molecule has 0 radical (unpaired) electrons. The van der Waals surface area contributed by atoms with Crippen LogP contribution in [0.1, 0.15) is 31.7 Å². The highest BCUT2D eigenvalue weighted by molar-refractivity contribution is 5.46. The summed E-state index contributed by atoms with van der Waals surface area (Å²) in [6.07, 6.45) is 4.14. The Morgan fingerprint density at radius 2 is 2.17 bits per heavy atom. The van der Waals surface area contributed by atoms with Crippen molar-refractivity contribution in [3.63, 3.8) is 0 Å². The summed E-state index contributed by atoms with van der Waals surface area (Å²) < 4.78 is 11.0. The minimum Gasteiger partial charge on any atom is -0.493 e. The summed E-state index contributed by atoms with van der Waals surface area (Å²) in [6.45, 7) is 4.58. The minimum absolute atomic E-state index is 0.662. The lowest BCUT2D eigenvalue weighted by Gasteiger charge is -2.14. The van der Waals surface area contributed by atoms with E-state index in [1.54, 1.807) is 7.11 Å². The minimum atomic E-state index is 0.662. The third-order valence-electron chi connectivity index (χ3n) is 3.31. The molecule has 3 nitrogen and oxygen atoms in total. The molecule has 0 amide bonds. The molecule has 1 N–H and O–H groups in total. The van der Waals surface area contributed by atoms with E-state index in [0.717, 1.165) is 30.5 Å². The molecule has 0 aliphatic heterocycles. The summed E-state index contributed by atoms with van der Waals surface area (Å²) in [5, 5.41) is 3.48. The lowest BCUT2D eigenvalue weighted by Crippen LogP contribution is -2.16. The molecule has 1 fully saturated rings. The molecule has 0 heterocycles. The fourth-order valence-corrected chi connectivity index (χ4v) is 2.14. The zero-order chi connectivity index (χ0) is 12.8. The van der Waals surface area contributed by atoms with Gasteiger partial charge in [0.1, 0.15) is 0 Å². The Balaban J connectivity index is 1.90. The van der Waals surface area contributed by atoms with Crippen molar-refractivity contribution in [3.05, 3.63) is 23.8 Å². The average Bonchev–Trinajstić information content (AvgIpc) is 3.19. The van der Waals surface area contributed by atoms with Gasteiger partial charge >= 0.3 is 0 Å². The van der Waals surface area contributed by atoms with Gasteiger partial charge < -0.3 is 14.8 Å². The van der Waals surface area contributed by atoms with Crippen molar-refractivity contribution in [2.45, 2.75) is 32.7 Å². The van der Waals surface area contributed by atoms with Gasteiger partial charge in [-0.1, -0.05) is 25.0 Å². The summed E-state index contributed by atoms with van der Waals surface area (Å²) in [4.78, 5) is 0. The second kappa shape index (κ2) is 6.64. The van der Waals surface area contributed by atoms with E-state index in [1.165, 1.54) is 24.8 Å². The highest BCUT2D eigenvalue weighted by Crippen LogP contribution is 2.32. The van der Waals surface area contributed by atoms with Gasteiger partial charge in [-0.25, -0.2) is 0 Å². The first-order chi connectivity index (χ1) is 8.85. The Kier molecular flexibility index (Phi) is 4.88. The van der Waals surface area contributed by atoms with E-state index in [9.17, 15) is 0 Å². The van der Waals surface area contributed by atoms with Gasteiger partial charge in [0.2, 0.25) is 0 Å². The largest absolute Gasteiger partial charge is 0.493 e. The zero-order valence-corrected chi connectivity index (χ0v) is 11.4. The maximum Gasteiger partial charge on any atom is 0.165 e. The molecule has 0 unspecified atom stereocenters. The summed E-state index contributed by atoms with van der Waals surface area (Å²) in [5.74, 6) is 2.67. The van der Waals surface area contributed by atoms with Crippen LogP contribution in [0, 0.1) is 5.92 Å². The Labute approximate surface area is 109 Å². The highest BCUT2D eigenvalue weighted by atomic mass is 16.5. The summed E-state index contributed by atoms with van der Waals surface area (Å²) >= 11 is 0. The summed E-state index contributed by atoms with van der Waals surface area (Å²) in [6, 6.07) is 6.06. The Morgan fingerprint density at radius 3 is 2.83 bits per heavy atom. The van der Waals surface area contributed by atoms with Crippen LogP contribution >= 0.6 is 0 Å². The second-order valence-electron chi connectivity index (χ2n) is 4.79. The normalized spacial score (nSPS) is 14.6. The first-order valence-corrected chi connectivity index (χ1v) is 6.84. The van der Waals surface area contributed by atoms with Gasteiger partial charge in [-0.05, 0) is 31.9 Å². The van der Waals surface area contributed by atoms with Crippen LogP contribution in [0.15, 0.2) is 18.2 Å². The first kappa shape index (κ1) is 13.2. The van der Waals surface area contributed by atoms with Crippen molar-refractivity contribution >= 4 is 0 Å². The van der Waals surface area contributed by atoms with Crippen LogP contribution in [0.2, 0.25) is 0 Å². The monoisotopic (exact) mass is 249 g/mol. The lowest BCUT2D eigenvalue weighted by atomic mass is 10.1. The number of nitrogens with one attached hydrogen (secondary N) is 1. The van der Waals surface area contributed by atoms with Crippen LogP contribution in [0.5, 0.6) is 11.5 Å². The van der Waals surface area contributed by atoms with Crippen molar-refractivity contribution in [1.29, 1.82) is 0 Å². The zero-order valence-electron chi connectivity index (χ0n) is 11.4. The number of benzene rings is 1. The standard InChI is InChI=1S/C15H23NO2/c1-3-18-14-6-4-5-13(15(14)17-2)11-16-10-9-12-7-8-12/h4-6,12,16H,3,7-11H2,1-2H3. The first-order valence-electron chi connectivity index (χ1n) is 6.84. The van der Waals surface area contributed by atoms with Gasteiger partial charge in [0, 0.05) is 12.1 Å². The van der Waals surface area contributed by atoms with Crippen molar-refractivity contribution in [2.24, 2.45) is 5.92 Å². The molecule has 1 aliphatic carbocycles. The van der Waals surface area contributed by atoms with Crippen LogP contribution in [-0.4, -0.2) is 20.3 Å². The second-order valence-corrected chi connectivity index (χ2v) is 4.79. The number of para-hydroxylation sites is 1. The van der Waals surface area contributed by atoms with Gasteiger partial charge in [0.25, 0.3) is 0 Å². The quantitative estimate of drug-likeness (QED) is 0.718. The molecular weight excluding hydrogens is 226 g/mol. The molecular formula is C15H23NO2. The van der Waals surface area contributed by atoms with E-state index in [0.29, 0.717) is 6.61 Å². The third kappa shape index (κ3) is 3.64. The Hall–Kier alpha value is -1.22. The molecule has 18 heavy (non-hydrogen) atoms. The molecule has 2 rings (SSSR count). The number of hydrogen-bond donors (Lipinski definition) is 1. The number of ether oxygens (including phenoxy) is 2. The molecule has 1 aromatic rings. The van der Waals surface area contributed by atoms with Crippen LogP contribution < -0.4 is 14.8 Å². The number of hydrogen-bond acceptors (Lipinski definition) is 3. The predicted octanol–water partition coefficient (Wildman–Crippen LogP) is 2.98. The van der Waals surface area contributed by atoms with Gasteiger partial charge in [-0.15, -0.1) is 0 Å². The molecule has 0 spiro atoms. The predicted molar refractivity (Wildman–Crippen MR) is 73.2 cm³/mol. The maximum absolute atomic E-state index is 5.57. The third-order valence-corrected chi connectivity index (χ3v) is 3.31. The molecule has 1 aromatic carbocycles. The number of methoxy groups -OCH3 is 1. The van der Waals surface area contributed by atoms with Gasteiger partial charge in [-0.2, -0.15) is 0 Å². The van der Waals surface area contributed by atoms with Crippen molar-refractivity contribution < 1.29 is 9.47 Å². The van der Waals surface area contributed by atoms with Crippen molar-refractivity contribution in [1.82, 2.24) is 5.32 Å². The molecule has 0 saturated heterocycles. The average molecular weight is 249 g/mol. The van der Waals surface area contributed by atoms with Crippen molar-refractivity contribution in [2.75, 3.05) is 20.3 Å². The van der Waals surface area contributed by atoms with E-state index in [2.05, 4.69) is 11.4 Å². The fraction of sp³-hybridized carbons (Fsp3) is 0.600. The number of rotatable bonds is 8. The molecule has 0 aromatic heterocycles. The smallest absolute Gasteiger partial charge is 0.165 e. The Morgan fingerprint density at radius 1 is 1.33 bits per heavy atom. The SMILES string of the molecule is CCOc1cccc(CNCCC2CC2)c1OC. The fourth-order valence-electron chi connectivity index (χ4n) is 2.14. The molecule has 100 valence electrons. The topological polar surface area (TPSA) is 30.5 Å². The van der Waals surface area contributed by atoms with Gasteiger partial charge in [0.15, 0.2) is 11.5 Å². The van der Waals surface area contributed by atoms with Crippen LogP contribution in [0.4, 0.5) is 0 Å². The molecule has 1 saturated carbocycles. The van der Waals surface area contributed by atoms with E-state index in [1.807, 2.05) is 19.1 Å². The van der Waals surface area contributed by atoms with Crippen LogP contribution in [-0.2, 0) is 6.54 Å². The van der Waals surface area contributed by atoms with E-state index in [-0.39, 0.29) is 0 Å². The van der Waals surface area contributed by atoms with Gasteiger partial charge in [-0.3, -0.25) is 0 Å². The lowest BCUT2D eigenvalue weighted by molar-refractivity contribution is 0.308. The molecule has 0 bridgehead atoms. The highest BCUT2D eigenvalue weighted by Gasteiger charge is 2.20. The Bertz CT molecular complexity index is 375. The molecule has 1 aliphatic rings. The maximum atomic E-state index is 5.57. The van der Waals surface area contributed by atoms with E-state index in [4.69, 9.17) is 9.47 Å². The molecule has 3 heteroatoms. The van der Waals surface area contributed by atoms with Crippen LogP contribution in [0.3, 0.4) is 0 Å². The molecule has 0 atom stereocenters. The van der Waals surface area contributed by atoms with E-state index >= 15 is 0 Å².